The molecule has 0 bridgehead atoms. The molecular formula is C17H29FN4. The van der Waals surface area contributed by atoms with Gasteiger partial charge >= 0.3 is 0 Å². The van der Waals surface area contributed by atoms with Crippen molar-refractivity contribution in [2.75, 3.05) is 33.7 Å². The number of likely N-dealkylation sites (N-methyl/N-ethyl adjacent to an activating group) is 1. The first kappa shape index (κ1) is 18.4. The highest BCUT2D eigenvalue weighted by molar-refractivity contribution is 5.79. The van der Waals surface area contributed by atoms with E-state index >= 15 is 0 Å². The number of nitrogens with one attached hydrogen (secondary N) is 2. The number of halogens is 1. The molecule has 124 valence electrons. The van der Waals surface area contributed by atoms with E-state index in [0.717, 1.165) is 24.6 Å². The average Bonchev–Trinajstić information content (AvgIpc) is 2.46. The van der Waals surface area contributed by atoms with E-state index in [1.54, 1.807) is 0 Å². The molecule has 0 aromatic heterocycles. The zero-order chi connectivity index (χ0) is 16.5. The van der Waals surface area contributed by atoms with Crippen molar-refractivity contribution in [1.82, 2.24) is 15.5 Å². The lowest BCUT2D eigenvalue weighted by Gasteiger charge is -2.26. The van der Waals surface area contributed by atoms with Crippen molar-refractivity contribution >= 4 is 5.96 Å². The summed E-state index contributed by atoms with van der Waals surface area (Å²) in [5.74, 6) is 1.14. The molecule has 1 aromatic carbocycles. The van der Waals surface area contributed by atoms with Gasteiger partial charge in [0.25, 0.3) is 0 Å². The SMILES string of the molecule is CCNC(=NCC(C)C)NCC(c1ccc(F)cc1)N(C)C. The molecular weight excluding hydrogens is 279 g/mol. The number of nitrogens with zero attached hydrogens (tertiary/aromatic N) is 2. The molecule has 0 aliphatic rings. The summed E-state index contributed by atoms with van der Waals surface area (Å²) < 4.78 is 13.1. The molecule has 0 heterocycles. The molecule has 5 heteroatoms. The zero-order valence-electron chi connectivity index (χ0n) is 14.4. The summed E-state index contributed by atoms with van der Waals surface area (Å²) in [6, 6.07) is 6.83. The van der Waals surface area contributed by atoms with Gasteiger partial charge in [0.1, 0.15) is 5.82 Å². The average molecular weight is 308 g/mol. The van der Waals surface area contributed by atoms with Crippen molar-refractivity contribution in [1.29, 1.82) is 0 Å². The second-order valence-corrected chi connectivity index (χ2v) is 6.03. The van der Waals surface area contributed by atoms with Crippen molar-refractivity contribution in [3.8, 4) is 0 Å². The van der Waals surface area contributed by atoms with Gasteiger partial charge in [-0.15, -0.1) is 0 Å². The molecule has 0 radical (unpaired) electrons. The van der Waals surface area contributed by atoms with E-state index in [2.05, 4.69) is 41.3 Å². The van der Waals surface area contributed by atoms with Gasteiger partial charge < -0.3 is 15.5 Å². The molecule has 1 rings (SSSR count). The highest BCUT2D eigenvalue weighted by atomic mass is 19.1. The summed E-state index contributed by atoms with van der Waals surface area (Å²) in [6.07, 6.45) is 0. The predicted octanol–water partition coefficient (Wildman–Crippen LogP) is 2.64. The van der Waals surface area contributed by atoms with Gasteiger partial charge in [-0.3, -0.25) is 4.99 Å². The Labute approximate surface area is 133 Å². The Bertz CT molecular complexity index is 454. The van der Waals surface area contributed by atoms with Gasteiger partial charge in [0.2, 0.25) is 0 Å². The molecule has 4 nitrogen and oxygen atoms in total. The Balaban J connectivity index is 2.73. The van der Waals surface area contributed by atoms with E-state index < -0.39 is 0 Å². The Morgan fingerprint density at radius 1 is 1.18 bits per heavy atom. The maximum absolute atomic E-state index is 13.1. The fraction of sp³-hybridized carbons (Fsp3) is 0.588. The summed E-state index contributed by atoms with van der Waals surface area (Å²) >= 11 is 0. The number of hydrogen-bond acceptors (Lipinski definition) is 2. The highest BCUT2D eigenvalue weighted by Gasteiger charge is 2.14. The zero-order valence-corrected chi connectivity index (χ0v) is 14.4. The normalized spacial score (nSPS) is 13.5. The molecule has 22 heavy (non-hydrogen) atoms. The predicted molar refractivity (Wildman–Crippen MR) is 91.6 cm³/mol. The van der Waals surface area contributed by atoms with Crippen molar-refractivity contribution in [3.05, 3.63) is 35.6 Å². The van der Waals surface area contributed by atoms with E-state index in [-0.39, 0.29) is 11.9 Å². The molecule has 0 saturated carbocycles. The Morgan fingerprint density at radius 2 is 1.82 bits per heavy atom. The maximum Gasteiger partial charge on any atom is 0.191 e. The first-order chi connectivity index (χ1) is 10.4. The van der Waals surface area contributed by atoms with Crippen LogP contribution in [0.3, 0.4) is 0 Å². The van der Waals surface area contributed by atoms with Crippen LogP contribution in [-0.2, 0) is 0 Å². The van der Waals surface area contributed by atoms with E-state index in [1.165, 1.54) is 12.1 Å². The molecule has 1 atom stereocenters. The third-order valence-electron chi connectivity index (χ3n) is 3.30. The first-order valence-corrected chi connectivity index (χ1v) is 7.88. The Kier molecular flexibility index (Phi) is 7.88. The van der Waals surface area contributed by atoms with Gasteiger partial charge in [-0.1, -0.05) is 26.0 Å². The monoisotopic (exact) mass is 308 g/mol. The van der Waals surface area contributed by atoms with Crippen LogP contribution in [-0.4, -0.2) is 44.6 Å². The number of rotatable bonds is 7. The second kappa shape index (κ2) is 9.41. The van der Waals surface area contributed by atoms with Crippen molar-refractivity contribution in [2.24, 2.45) is 10.9 Å². The van der Waals surface area contributed by atoms with Gasteiger partial charge in [0.15, 0.2) is 5.96 Å². The minimum absolute atomic E-state index is 0.156. The first-order valence-electron chi connectivity index (χ1n) is 7.88. The van der Waals surface area contributed by atoms with Crippen LogP contribution in [0.15, 0.2) is 29.3 Å². The van der Waals surface area contributed by atoms with Crippen LogP contribution < -0.4 is 10.6 Å². The summed E-state index contributed by atoms with van der Waals surface area (Å²) in [4.78, 5) is 6.69. The van der Waals surface area contributed by atoms with E-state index in [1.807, 2.05) is 26.2 Å². The lowest BCUT2D eigenvalue weighted by atomic mass is 10.1. The number of guanidine groups is 1. The summed E-state index contributed by atoms with van der Waals surface area (Å²) in [6.45, 7) is 8.67. The molecule has 0 fully saturated rings. The van der Waals surface area contributed by atoms with Gasteiger partial charge in [0, 0.05) is 19.6 Å². The molecule has 0 aliphatic carbocycles. The molecule has 0 aliphatic heterocycles. The Hall–Kier alpha value is -1.62. The second-order valence-electron chi connectivity index (χ2n) is 6.03. The lowest BCUT2D eigenvalue weighted by Crippen LogP contribution is -2.42. The van der Waals surface area contributed by atoms with Gasteiger partial charge in [0.05, 0.1) is 6.04 Å². The molecule has 1 unspecified atom stereocenters. The van der Waals surface area contributed by atoms with Crippen molar-refractivity contribution in [3.63, 3.8) is 0 Å². The molecule has 0 saturated heterocycles. The van der Waals surface area contributed by atoms with Crippen LogP contribution in [0, 0.1) is 11.7 Å². The fourth-order valence-electron chi connectivity index (χ4n) is 2.09. The molecule has 2 N–H and O–H groups in total. The van der Waals surface area contributed by atoms with Crippen LogP contribution >= 0.6 is 0 Å². The fourth-order valence-corrected chi connectivity index (χ4v) is 2.09. The third kappa shape index (κ3) is 6.43. The third-order valence-corrected chi connectivity index (χ3v) is 3.30. The quantitative estimate of drug-likeness (QED) is 0.601. The number of aliphatic imine (C=N–C) groups is 1. The molecule has 0 amide bonds. The lowest BCUT2D eigenvalue weighted by molar-refractivity contribution is 0.298. The minimum Gasteiger partial charge on any atom is -0.357 e. The standard InChI is InChI=1S/C17H29FN4/c1-6-19-17(20-11-13(2)3)21-12-16(22(4)5)14-7-9-15(18)10-8-14/h7-10,13,16H,6,11-12H2,1-5H3,(H2,19,20,21). The van der Waals surface area contributed by atoms with Crippen LogP contribution in [0.1, 0.15) is 32.4 Å². The van der Waals surface area contributed by atoms with Crippen molar-refractivity contribution in [2.45, 2.75) is 26.8 Å². The summed E-state index contributed by atoms with van der Waals surface area (Å²) in [5.41, 5.74) is 1.08. The van der Waals surface area contributed by atoms with Gasteiger partial charge in [-0.2, -0.15) is 0 Å². The maximum atomic E-state index is 13.1. The summed E-state index contributed by atoms with van der Waals surface area (Å²) in [5, 5.41) is 6.63. The largest absolute Gasteiger partial charge is 0.357 e. The van der Waals surface area contributed by atoms with Crippen LogP contribution in [0.5, 0.6) is 0 Å². The minimum atomic E-state index is -0.207. The number of benzene rings is 1. The van der Waals surface area contributed by atoms with Gasteiger partial charge in [-0.05, 0) is 44.6 Å². The molecule has 0 spiro atoms. The molecule has 1 aromatic rings. The van der Waals surface area contributed by atoms with Crippen molar-refractivity contribution < 1.29 is 4.39 Å². The van der Waals surface area contributed by atoms with Crippen LogP contribution in [0.25, 0.3) is 0 Å². The topological polar surface area (TPSA) is 39.7 Å². The smallest absolute Gasteiger partial charge is 0.191 e. The van der Waals surface area contributed by atoms with E-state index in [4.69, 9.17) is 0 Å². The Morgan fingerprint density at radius 3 is 2.32 bits per heavy atom. The summed E-state index contributed by atoms with van der Waals surface area (Å²) in [7, 11) is 4.04. The van der Waals surface area contributed by atoms with Crippen LogP contribution in [0.2, 0.25) is 0 Å². The number of hydrogen-bond donors (Lipinski definition) is 2. The van der Waals surface area contributed by atoms with E-state index in [9.17, 15) is 4.39 Å². The van der Waals surface area contributed by atoms with Crippen LogP contribution in [0.4, 0.5) is 4.39 Å². The van der Waals surface area contributed by atoms with Gasteiger partial charge in [-0.25, -0.2) is 4.39 Å². The van der Waals surface area contributed by atoms with E-state index in [0.29, 0.717) is 12.5 Å². The highest BCUT2D eigenvalue weighted by Crippen LogP contribution is 2.17.